The third kappa shape index (κ3) is 2.33. The molecule has 19 heavy (non-hydrogen) atoms. The average molecular weight is 259 g/mol. The number of nitrogens with one attached hydrogen (secondary N) is 1. The van der Waals surface area contributed by atoms with E-state index in [1.807, 2.05) is 0 Å². The second-order valence-electron chi connectivity index (χ2n) is 6.57. The first-order valence-corrected chi connectivity index (χ1v) is 7.75. The zero-order chi connectivity index (χ0) is 14.2. The van der Waals surface area contributed by atoms with E-state index in [4.69, 9.17) is 0 Å². The van der Waals surface area contributed by atoms with Crippen LogP contribution in [-0.2, 0) is 0 Å². The van der Waals surface area contributed by atoms with Crippen LogP contribution >= 0.6 is 0 Å². The Balaban J connectivity index is 2.34. The van der Waals surface area contributed by atoms with Gasteiger partial charge in [-0.1, -0.05) is 38.5 Å². The van der Waals surface area contributed by atoms with Crippen molar-refractivity contribution in [3.8, 4) is 0 Å². The first-order chi connectivity index (χ1) is 8.93. The molecule has 0 radical (unpaired) electrons. The minimum Gasteiger partial charge on any atom is -0.314 e. The normalized spacial score (nSPS) is 30.2. The Hall–Kier alpha value is -0.820. The summed E-state index contributed by atoms with van der Waals surface area (Å²) in [6, 6.07) is 5.38. The van der Waals surface area contributed by atoms with E-state index < -0.39 is 0 Å². The van der Waals surface area contributed by atoms with Crippen molar-refractivity contribution in [3.05, 3.63) is 34.4 Å². The van der Waals surface area contributed by atoms with E-state index in [2.05, 4.69) is 59.0 Å². The maximum Gasteiger partial charge on any atom is 0.0133 e. The summed E-state index contributed by atoms with van der Waals surface area (Å²) in [6.45, 7) is 14.9. The van der Waals surface area contributed by atoms with Crippen LogP contribution in [-0.4, -0.2) is 12.6 Å². The Morgan fingerprint density at radius 3 is 2.21 bits per heavy atom. The first-order valence-electron chi connectivity index (χ1n) is 7.75. The van der Waals surface area contributed by atoms with Gasteiger partial charge in [-0.05, 0) is 68.2 Å². The minimum atomic E-state index is 0.417. The molecule has 2 rings (SSSR count). The fraction of sp³-hybridized carbons (Fsp3) is 0.667. The molecule has 1 saturated carbocycles. The van der Waals surface area contributed by atoms with Gasteiger partial charge in [0.05, 0.1) is 0 Å². The molecule has 0 heterocycles. The summed E-state index contributed by atoms with van der Waals surface area (Å²) in [5.74, 6) is 0.724. The van der Waals surface area contributed by atoms with Gasteiger partial charge in [-0.2, -0.15) is 0 Å². The Labute approximate surface area is 118 Å². The molecule has 1 aromatic rings. The van der Waals surface area contributed by atoms with Crippen molar-refractivity contribution < 1.29 is 0 Å². The van der Waals surface area contributed by atoms with Gasteiger partial charge < -0.3 is 5.32 Å². The standard InChI is InChI=1S/C18H29N/c1-7-18(6)15(11-16(18)19-8-2)17-13(4)9-12(3)10-14(17)5/h9-10,15-16,19H,7-8,11H2,1-6H3. The van der Waals surface area contributed by atoms with Crippen LogP contribution in [0, 0.1) is 26.2 Å². The summed E-state index contributed by atoms with van der Waals surface area (Å²) < 4.78 is 0. The van der Waals surface area contributed by atoms with Crippen molar-refractivity contribution in [3.63, 3.8) is 0 Å². The van der Waals surface area contributed by atoms with Crippen molar-refractivity contribution in [2.75, 3.05) is 6.54 Å². The molecule has 0 saturated heterocycles. The number of hydrogen-bond acceptors (Lipinski definition) is 1. The van der Waals surface area contributed by atoms with E-state index in [1.54, 1.807) is 5.56 Å². The third-order valence-corrected chi connectivity index (χ3v) is 5.36. The molecule has 1 aliphatic carbocycles. The van der Waals surface area contributed by atoms with Gasteiger partial charge in [-0.25, -0.2) is 0 Å². The number of aryl methyl sites for hydroxylation is 3. The summed E-state index contributed by atoms with van der Waals surface area (Å²) >= 11 is 0. The fourth-order valence-electron chi connectivity index (χ4n) is 4.10. The molecule has 1 fully saturated rings. The second kappa shape index (κ2) is 5.28. The van der Waals surface area contributed by atoms with Gasteiger partial charge in [0, 0.05) is 6.04 Å². The average Bonchev–Trinajstić information content (AvgIpc) is 2.34. The zero-order valence-corrected chi connectivity index (χ0v) is 13.4. The largest absolute Gasteiger partial charge is 0.314 e. The minimum absolute atomic E-state index is 0.417. The lowest BCUT2D eigenvalue weighted by atomic mass is 9.53. The molecule has 0 bridgehead atoms. The van der Waals surface area contributed by atoms with E-state index in [1.165, 1.54) is 29.5 Å². The highest BCUT2D eigenvalue weighted by Crippen LogP contribution is 2.56. The first kappa shape index (κ1) is 14.6. The van der Waals surface area contributed by atoms with Gasteiger partial charge in [-0.15, -0.1) is 0 Å². The Morgan fingerprint density at radius 2 is 1.74 bits per heavy atom. The lowest BCUT2D eigenvalue weighted by molar-refractivity contribution is 0.0448. The molecule has 106 valence electrons. The maximum absolute atomic E-state index is 3.67. The predicted octanol–water partition coefficient (Wildman–Crippen LogP) is 4.49. The van der Waals surface area contributed by atoms with Crippen molar-refractivity contribution >= 4 is 0 Å². The maximum atomic E-state index is 3.67. The van der Waals surface area contributed by atoms with Gasteiger partial charge in [-0.3, -0.25) is 0 Å². The molecule has 1 aromatic carbocycles. The van der Waals surface area contributed by atoms with Gasteiger partial charge in [0.1, 0.15) is 0 Å². The number of hydrogen-bond donors (Lipinski definition) is 1. The molecule has 1 N–H and O–H groups in total. The van der Waals surface area contributed by atoms with Gasteiger partial charge >= 0.3 is 0 Å². The van der Waals surface area contributed by atoms with Crippen LogP contribution in [0.3, 0.4) is 0 Å². The van der Waals surface area contributed by atoms with Crippen molar-refractivity contribution in [2.45, 2.75) is 66.3 Å². The van der Waals surface area contributed by atoms with Crippen molar-refractivity contribution in [1.82, 2.24) is 5.32 Å². The molecule has 3 unspecified atom stereocenters. The van der Waals surface area contributed by atoms with Gasteiger partial charge in [0.2, 0.25) is 0 Å². The molecule has 0 spiro atoms. The predicted molar refractivity (Wildman–Crippen MR) is 83.9 cm³/mol. The van der Waals surface area contributed by atoms with Crippen molar-refractivity contribution in [2.24, 2.45) is 5.41 Å². The smallest absolute Gasteiger partial charge is 0.0133 e. The summed E-state index contributed by atoms with van der Waals surface area (Å²) in [5.41, 5.74) is 6.39. The van der Waals surface area contributed by atoms with Crippen LogP contribution < -0.4 is 5.32 Å². The molecule has 1 nitrogen and oxygen atoms in total. The molecule has 3 atom stereocenters. The third-order valence-electron chi connectivity index (χ3n) is 5.36. The van der Waals surface area contributed by atoms with Crippen LogP contribution in [0.1, 0.15) is 61.8 Å². The molecule has 0 aromatic heterocycles. The van der Waals surface area contributed by atoms with Crippen LogP contribution in [0.5, 0.6) is 0 Å². The van der Waals surface area contributed by atoms with E-state index >= 15 is 0 Å². The summed E-state index contributed by atoms with van der Waals surface area (Å²) in [5, 5.41) is 3.67. The summed E-state index contributed by atoms with van der Waals surface area (Å²) in [4.78, 5) is 0. The van der Waals surface area contributed by atoms with E-state index in [9.17, 15) is 0 Å². The number of benzene rings is 1. The fourth-order valence-corrected chi connectivity index (χ4v) is 4.10. The van der Waals surface area contributed by atoms with E-state index in [-0.39, 0.29) is 0 Å². The summed E-state index contributed by atoms with van der Waals surface area (Å²) in [7, 11) is 0. The second-order valence-corrected chi connectivity index (χ2v) is 6.57. The van der Waals surface area contributed by atoms with E-state index in [0.717, 1.165) is 12.5 Å². The Morgan fingerprint density at radius 1 is 1.16 bits per heavy atom. The lowest BCUT2D eigenvalue weighted by Gasteiger charge is -2.55. The summed E-state index contributed by atoms with van der Waals surface area (Å²) in [6.07, 6.45) is 2.55. The Kier molecular flexibility index (Phi) is 4.06. The molecule has 0 aliphatic heterocycles. The lowest BCUT2D eigenvalue weighted by Crippen LogP contribution is -2.57. The number of rotatable bonds is 4. The topological polar surface area (TPSA) is 12.0 Å². The molecular formula is C18H29N. The molecular weight excluding hydrogens is 230 g/mol. The molecule has 0 amide bonds. The quantitative estimate of drug-likeness (QED) is 0.840. The van der Waals surface area contributed by atoms with Gasteiger partial charge in [0.25, 0.3) is 0 Å². The monoisotopic (exact) mass is 259 g/mol. The highest BCUT2D eigenvalue weighted by Gasteiger charge is 2.50. The molecule has 1 aliphatic rings. The van der Waals surface area contributed by atoms with Crippen LogP contribution in [0.2, 0.25) is 0 Å². The Bertz CT molecular complexity index is 440. The highest BCUT2D eigenvalue weighted by molar-refractivity contribution is 5.43. The van der Waals surface area contributed by atoms with Crippen LogP contribution in [0.15, 0.2) is 12.1 Å². The van der Waals surface area contributed by atoms with Crippen molar-refractivity contribution in [1.29, 1.82) is 0 Å². The molecule has 1 heteroatoms. The van der Waals surface area contributed by atoms with Crippen LogP contribution in [0.25, 0.3) is 0 Å². The van der Waals surface area contributed by atoms with Crippen LogP contribution in [0.4, 0.5) is 0 Å². The van der Waals surface area contributed by atoms with Gasteiger partial charge in [0.15, 0.2) is 0 Å². The van der Waals surface area contributed by atoms with E-state index in [0.29, 0.717) is 11.5 Å². The SMILES string of the molecule is CCNC1CC(c2c(C)cc(C)cc2C)C1(C)CC. The highest BCUT2D eigenvalue weighted by atomic mass is 15.0. The zero-order valence-electron chi connectivity index (χ0n) is 13.4.